The molecule has 14 heavy (non-hydrogen) atoms. The molecule has 0 N–H and O–H groups in total. The van der Waals surface area contributed by atoms with Crippen molar-refractivity contribution < 1.29 is 28.3 Å². The molecular formula is C12H15OZr. The first-order chi connectivity index (χ1) is 6.86. The first-order valence-corrected chi connectivity index (χ1v) is 7.74. The molecule has 1 radical (unpaired) electrons. The third-order valence-electron chi connectivity index (χ3n) is 1.88. The Hall–Kier alpha value is -0.197. The zero-order valence-electron chi connectivity index (χ0n) is 8.39. The number of rotatable bonds is 2. The second kappa shape index (κ2) is 7.14. The number of hydrogen-bond acceptors (Lipinski definition) is 0. The quantitative estimate of drug-likeness (QED) is 0.730. The predicted octanol–water partition coefficient (Wildman–Crippen LogP) is 3.33. The van der Waals surface area contributed by atoms with Gasteiger partial charge in [0, 0.05) is 0 Å². The Balaban J connectivity index is 0.000000293. The van der Waals surface area contributed by atoms with Crippen molar-refractivity contribution in [2.24, 2.45) is 0 Å². The van der Waals surface area contributed by atoms with Gasteiger partial charge in [-0.15, -0.1) is 0 Å². The van der Waals surface area contributed by atoms with Gasteiger partial charge in [0.25, 0.3) is 0 Å². The molecule has 0 bridgehead atoms. The van der Waals surface area contributed by atoms with Crippen molar-refractivity contribution in [3.8, 4) is 0 Å². The predicted molar refractivity (Wildman–Crippen MR) is 55.3 cm³/mol. The van der Waals surface area contributed by atoms with Crippen LogP contribution in [0, 0.1) is 0 Å². The van der Waals surface area contributed by atoms with Gasteiger partial charge in [0.2, 0.25) is 0 Å². The van der Waals surface area contributed by atoms with Crippen LogP contribution >= 0.6 is 0 Å². The molecule has 0 amide bonds. The molecule has 0 aromatic rings. The molecule has 0 saturated heterocycles. The summed E-state index contributed by atoms with van der Waals surface area (Å²) < 4.78 is 1.69. The van der Waals surface area contributed by atoms with Crippen LogP contribution in [-0.4, -0.2) is 6.61 Å². The molecule has 0 fully saturated rings. The zero-order chi connectivity index (χ0) is 10.2. The maximum Gasteiger partial charge on any atom is 0.0794 e. The molecule has 0 atom stereocenters. The zero-order valence-corrected chi connectivity index (χ0v) is 10.8. The van der Waals surface area contributed by atoms with Crippen LogP contribution in [0.4, 0.5) is 0 Å². The van der Waals surface area contributed by atoms with Crippen molar-refractivity contribution in [1.29, 1.82) is 0 Å². The molecule has 2 aliphatic rings. The molecule has 0 spiro atoms. The SMILES string of the molecule is C1=C[CH]([Zr][CH]2C=CC=C2)C=C1.CC[O]. The first kappa shape index (κ1) is 11.9. The standard InChI is InChI=1S/2C5H5.C2H5O.Zr/c2*1-2-4-5-3-1;1-2-3;/h2*1-5H;2H2,1H3;. The molecule has 0 aromatic carbocycles. The van der Waals surface area contributed by atoms with E-state index in [4.69, 9.17) is 5.11 Å². The molecule has 2 aliphatic carbocycles. The third kappa shape index (κ3) is 4.35. The van der Waals surface area contributed by atoms with E-state index >= 15 is 0 Å². The smallest absolute Gasteiger partial charge is 0.0794 e. The molecule has 0 unspecified atom stereocenters. The Bertz CT molecular complexity index is 213. The maximum atomic E-state index is 8.93. The van der Waals surface area contributed by atoms with Crippen LogP contribution in [-0.2, 0) is 28.3 Å². The van der Waals surface area contributed by atoms with Gasteiger partial charge >= 0.3 is 79.1 Å². The van der Waals surface area contributed by atoms with Gasteiger partial charge in [0.05, 0.1) is 6.61 Å². The van der Waals surface area contributed by atoms with E-state index in [0.717, 1.165) is 7.25 Å². The Kier molecular flexibility index (Phi) is 6.06. The van der Waals surface area contributed by atoms with Gasteiger partial charge in [-0.25, -0.2) is 5.11 Å². The van der Waals surface area contributed by atoms with Crippen molar-refractivity contribution in [3.63, 3.8) is 0 Å². The second-order valence-corrected chi connectivity index (χ2v) is 7.14. The van der Waals surface area contributed by atoms with E-state index in [9.17, 15) is 0 Å². The fourth-order valence-electron chi connectivity index (χ4n) is 1.31. The van der Waals surface area contributed by atoms with E-state index in [-0.39, 0.29) is 29.8 Å². The normalized spacial score (nSPS) is 18.7. The van der Waals surface area contributed by atoms with E-state index in [1.165, 1.54) is 0 Å². The minimum absolute atomic E-state index is 0. The Morgan fingerprint density at radius 1 is 0.929 bits per heavy atom. The van der Waals surface area contributed by atoms with E-state index in [0.29, 0.717) is 0 Å². The molecule has 0 aliphatic heterocycles. The van der Waals surface area contributed by atoms with Crippen molar-refractivity contribution in [3.05, 3.63) is 48.6 Å². The van der Waals surface area contributed by atoms with Crippen molar-refractivity contribution in [2.75, 3.05) is 6.61 Å². The van der Waals surface area contributed by atoms with Crippen LogP contribution in [0.3, 0.4) is 0 Å². The molecule has 0 saturated carbocycles. The summed E-state index contributed by atoms with van der Waals surface area (Å²) in [5.74, 6) is 0. The maximum absolute atomic E-state index is 8.93. The van der Waals surface area contributed by atoms with Crippen LogP contribution < -0.4 is 0 Å². The van der Waals surface area contributed by atoms with Crippen LogP contribution in [0.25, 0.3) is 0 Å². The topological polar surface area (TPSA) is 19.9 Å². The van der Waals surface area contributed by atoms with Crippen molar-refractivity contribution in [2.45, 2.75) is 14.2 Å². The van der Waals surface area contributed by atoms with Gasteiger partial charge in [-0.1, -0.05) is 0 Å². The Morgan fingerprint density at radius 2 is 1.21 bits per heavy atom. The summed E-state index contributed by atoms with van der Waals surface area (Å²) in [4.78, 5) is 0. The van der Waals surface area contributed by atoms with Crippen LogP contribution in [0.5, 0.6) is 0 Å². The fraction of sp³-hybridized carbons (Fsp3) is 0.333. The molecule has 0 heterocycles. The van der Waals surface area contributed by atoms with Gasteiger partial charge in [-0.3, -0.25) is 0 Å². The number of allylic oxidation sites excluding steroid dienone is 8. The molecular weight excluding hydrogens is 251 g/mol. The van der Waals surface area contributed by atoms with Gasteiger partial charge in [-0.2, -0.15) is 0 Å². The molecule has 1 nitrogen and oxygen atoms in total. The minimum Gasteiger partial charge on any atom is -0.237 e. The van der Waals surface area contributed by atoms with Gasteiger partial charge in [-0.05, 0) is 6.92 Å². The van der Waals surface area contributed by atoms with Crippen LogP contribution in [0.15, 0.2) is 48.6 Å². The summed E-state index contributed by atoms with van der Waals surface area (Å²) in [7, 11) is 0. The Morgan fingerprint density at radius 3 is 1.50 bits per heavy atom. The number of hydrogen-bond donors (Lipinski definition) is 0. The summed E-state index contributed by atoms with van der Waals surface area (Å²) in [6, 6.07) is 0. The largest absolute Gasteiger partial charge is 0.237 e. The van der Waals surface area contributed by atoms with Crippen LogP contribution in [0.1, 0.15) is 6.92 Å². The van der Waals surface area contributed by atoms with Gasteiger partial charge in [0.15, 0.2) is 0 Å². The average Bonchev–Trinajstić information content (AvgIpc) is 2.79. The fourth-order valence-corrected chi connectivity index (χ4v) is 4.59. The van der Waals surface area contributed by atoms with Gasteiger partial charge in [0.1, 0.15) is 0 Å². The summed E-state index contributed by atoms with van der Waals surface area (Å²) in [6.45, 7) is 1.57. The third-order valence-corrected chi connectivity index (χ3v) is 5.67. The Labute approximate surface area is 97.5 Å². The monoisotopic (exact) mass is 265 g/mol. The molecule has 73 valence electrons. The first-order valence-electron chi connectivity index (χ1n) is 4.91. The summed E-state index contributed by atoms with van der Waals surface area (Å²) in [5, 5.41) is 8.93. The van der Waals surface area contributed by atoms with Crippen molar-refractivity contribution >= 4 is 0 Å². The van der Waals surface area contributed by atoms with Gasteiger partial charge < -0.3 is 0 Å². The van der Waals surface area contributed by atoms with E-state index in [2.05, 4.69) is 48.6 Å². The van der Waals surface area contributed by atoms with E-state index < -0.39 is 0 Å². The molecule has 2 heteroatoms. The summed E-state index contributed by atoms with van der Waals surface area (Å²) in [6.07, 6.45) is 18.1. The average molecular weight is 266 g/mol. The molecule has 2 rings (SSSR count). The summed E-state index contributed by atoms with van der Waals surface area (Å²) >= 11 is -0.256. The van der Waals surface area contributed by atoms with Crippen molar-refractivity contribution in [1.82, 2.24) is 0 Å². The second-order valence-electron chi connectivity index (χ2n) is 3.05. The van der Waals surface area contributed by atoms with E-state index in [1.807, 2.05) is 0 Å². The molecule has 0 aromatic heterocycles. The minimum atomic E-state index is -0.256. The van der Waals surface area contributed by atoms with E-state index in [1.54, 1.807) is 6.92 Å². The summed E-state index contributed by atoms with van der Waals surface area (Å²) in [5.41, 5.74) is 0. The van der Waals surface area contributed by atoms with Crippen LogP contribution in [0.2, 0.25) is 7.25 Å².